The highest BCUT2D eigenvalue weighted by Gasteiger charge is 2.24. The van der Waals surface area contributed by atoms with Crippen LogP contribution in [0, 0.1) is 0 Å². The molecule has 1 aliphatic rings. The van der Waals surface area contributed by atoms with Crippen molar-refractivity contribution >= 4 is 0 Å². The van der Waals surface area contributed by atoms with Crippen LogP contribution in [0.5, 0.6) is 0 Å². The summed E-state index contributed by atoms with van der Waals surface area (Å²) in [6.45, 7) is 3.19. The molecule has 0 spiro atoms. The Morgan fingerprint density at radius 2 is 1.89 bits per heavy atom. The van der Waals surface area contributed by atoms with Crippen molar-refractivity contribution in [3.63, 3.8) is 0 Å². The molecule has 0 fully saturated rings. The highest BCUT2D eigenvalue weighted by molar-refractivity contribution is 5.13. The molecule has 1 atom stereocenters. The predicted octanol–water partition coefficient (Wildman–Crippen LogP) is 3.25. The summed E-state index contributed by atoms with van der Waals surface area (Å²) in [7, 11) is 3.44. The third-order valence-electron chi connectivity index (χ3n) is 3.58. The maximum absolute atomic E-state index is 5.46. The number of rotatable bonds is 7. The van der Waals surface area contributed by atoms with Crippen molar-refractivity contribution in [3.8, 4) is 0 Å². The highest BCUT2D eigenvalue weighted by Crippen LogP contribution is 2.22. The first-order chi connectivity index (χ1) is 8.83. The second-order valence-electron chi connectivity index (χ2n) is 5.00. The van der Waals surface area contributed by atoms with Gasteiger partial charge in [0.1, 0.15) is 0 Å². The van der Waals surface area contributed by atoms with Crippen LogP contribution >= 0.6 is 0 Å². The van der Waals surface area contributed by atoms with Crippen LogP contribution in [0.15, 0.2) is 11.6 Å². The molecule has 0 saturated carbocycles. The van der Waals surface area contributed by atoms with Crippen LogP contribution in [-0.4, -0.2) is 33.1 Å². The maximum atomic E-state index is 5.46. The van der Waals surface area contributed by atoms with Gasteiger partial charge in [-0.2, -0.15) is 0 Å². The molecule has 0 amide bonds. The summed E-state index contributed by atoms with van der Waals surface area (Å²) in [5.41, 5.74) is 1.47. The van der Waals surface area contributed by atoms with E-state index < -0.39 is 0 Å². The quantitative estimate of drug-likeness (QED) is 0.559. The van der Waals surface area contributed by atoms with E-state index in [9.17, 15) is 0 Å². The fourth-order valence-corrected chi connectivity index (χ4v) is 2.57. The topological polar surface area (TPSA) is 30.5 Å². The van der Waals surface area contributed by atoms with E-state index in [-0.39, 0.29) is 12.3 Å². The Labute approximate surface area is 112 Å². The standard InChI is InChI=1S/C15H29NO2/c1-4-12-16-14(15(17-2)18-3)13-10-8-6-5-7-9-11-13/h10,14-16H,4-9,11-12H2,1-3H3. The summed E-state index contributed by atoms with van der Waals surface area (Å²) >= 11 is 0. The minimum Gasteiger partial charge on any atom is -0.354 e. The monoisotopic (exact) mass is 255 g/mol. The summed E-state index contributed by atoms with van der Waals surface area (Å²) in [4.78, 5) is 0. The van der Waals surface area contributed by atoms with Crippen LogP contribution in [-0.2, 0) is 9.47 Å². The normalized spacial score (nSPS) is 19.2. The lowest BCUT2D eigenvalue weighted by molar-refractivity contribution is -0.116. The lowest BCUT2D eigenvalue weighted by Crippen LogP contribution is -2.44. The van der Waals surface area contributed by atoms with Crippen molar-refractivity contribution in [2.75, 3.05) is 20.8 Å². The van der Waals surface area contributed by atoms with Gasteiger partial charge in [0.15, 0.2) is 6.29 Å². The van der Waals surface area contributed by atoms with Crippen LogP contribution in [0.3, 0.4) is 0 Å². The molecule has 0 aliphatic heterocycles. The second-order valence-corrected chi connectivity index (χ2v) is 5.00. The third-order valence-corrected chi connectivity index (χ3v) is 3.58. The molecular weight excluding hydrogens is 226 g/mol. The number of methoxy groups -OCH3 is 2. The average Bonchev–Trinajstić information content (AvgIpc) is 2.35. The lowest BCUT2D eigenvalue weighted by Gasteiger charge is -2.29. The molecule has 106 valence electrons. The number of hydrogen-bond donors (Lipinski definition) is 1. The summed E-state index contributed by atoms with van der Waals surface area (Å²) in [6.07, 6.45) is 11.0. The second kappa shape index (κ2) is 9.54. The van der Waals surface area contributed by atoms with Crippen molar-refractivity contribution in [2.24, 2.45) is 0 Å². The molecule has 1 unspecified atom stereocenters. The van der Waals surface area contributed by atoms with E-state index in [4.69, 9.17) is 9.47 Å². The van der Waals surface area contributed by atoms with Crippen molar-refractivity contribution in [1.82, 2.24) is 5.32 Å². The fraction of sp³-hybridized carbons (Fsp3) is 0.867. The van der Waals surface area contributed by atoms with Crippen molar-refractivity contribution in [2.45, 2.75) is 64.2 Å². The van der Waals surface area contributed by atoms with Gasteiger partial charge < -0.3 is 14.8 Å². The van der Waals surface area contributed by atoms with E-state index >= 15 is 0 Å². The molecule has 0 saturated heterocycles. The van der Waals surface area contributed by atoms with Gasteiger partial charge in [-0.3, -0.25) is 0 Å². The minimum atomic E-state index is -0.178. The maximum Gasteiger partial charge on any atom is 0.175 e. The van der Waals surface area contributed by atoms with Gasteiger partial charge in [0, 0.05) is 14.2 Å². The molecule has 3 nitrogen and oxygen atoms in total. The Hall–Kier alpha value is -0.380. The van der Waals surface area contributed by atoms with Gasteiger partial charge in [-0.05, 0) is 38.6 Å². The van der Waals surface area contributed by atoms with Crippen LogP contribution in [0.1, 0.15) is 51.9 Å². The Morgan fingerprint density at radius 1 is 1.17 bits per heavy atom. The van der Waals surface area contributed by atoms with Gasteiger partial charge in [0.2, 0.25) is 0 Å². The van der Waals surface area contributed by atoms with E-state index in [2.05, 4.69) is 18.3 Å². The molecule has 0 radical (unpaired) electrons. The first-order valence-electron chi connectivity index (χ1n) is 7.31. The molecule has 0 aromatic rings. The molecule has 0 aromatic heterocycles. The molecule has 3 heteroatoms. The summed E-state index contributed by atoms with van der Waals surface area (Å²) in [5.74, 6) is 0. The van der Waals surface area contributed by atoms with E-state index in [0.717, 1.165) is 13.0 Å². The van der Waals surface area contributed by atoms with Crippen molar-refractivity contribution < 1.29 is 9.47 Å². The van der Waals surface area contributed by atoms with Gasteiger partial charge >= 0.3 is 0 Å². The number of ether oxygens (including phenoxy) is 2. The lowest BCUT2D eigenvalue weighted by atomic mass is 9.94. The van der Waals surface area contributed by atoms with Gasteiger partial charge in [-0.1, -0.05) is 31.4 Å². The molecule has 0 bridgehead atoms. The number of hydrogen-bond acceptors (Lipinski definition) is 3. The zero-order chi connectivity index (χ0) is 13.2. The predicted molar refractivity (Wildman–Crippen MR) is 75.7 cm³/mol. The first-order valence-corrected chi connectivity index (χ1v) is 7.31. The molecule has 0 aromatic carbocycles. The molecule has 1 N–H and O–H groups in total. The Bertz CT molecular complexity index is 237. The summed E-state index contributed by atoms with van der Waals surface area (Å²) in [5, 5.41) is 3.57. The molecular formula is C15H29NO2. The van der Waals surface area contributed by atoms with Crippen LogP contribution in [0.4, 0.5) is 0 Å². The Kier molecular flexibility index (Phi) is 8.31. The van der Waals surface area contributed by atoms with E-state index in [0.29, 0.717) is 0 Å². The number of nitrogens with one attached hydrogen (secondary N) is 1. The fourth-order valence-electron chi connectivity index (χ4n) is 2.57. The SMILES string of the molecule is CCCNC(C1=CCCCCCC1)C(OC)OC. The first kappa shape index (κ1) is 15.7. The van der Waals surface area contributed by atoms with Gasteiger partial charge in [-0.15, -0.1) is 0 Å². The zero-order valence-corrected chi connectivity index (χ0v) is 12.2. The molecule has 1 rings (SSSR count). The highest BCUT2D eigenvalue weighted by atomic mass is 16.7. The van der Waals surface area contributed by atoms with Crippen LogP contribution in [0.25, 0.3) is 0 Å². The van der Waals surface area contributed by atoms with E-state index in [1.54, 1.807) is 14.2 Å². The van der Waals surface area contributed by atoms with Gasteiger partial charge in [-0.25, -0.2) is 0 Å². The van der Waals surface area contributed by atoms with Gasteiger partial charge in [0.05, 0.1) is 6.04 Å². The van der Waals surface area contributed by atoms with Crippen molar-refractivity contribution in [1.29, 1.82) is 0 Å². The minimum absolute atomic E-state index is 0.178. The number of allylic oxidation sites excluding steroid dienone is 1. The molecule has 0 heterocycles. The van der Waals surface area contributed by atoms with Crippen molar-refractivity contribution in [3.05, 3.63) is 11.6 Å². The summed E-state index contributed by atoms with van der Waals surface area (Å²) < 4.78 is 10.9. The Balaban J connectivity index is 2.71. The average molecular weight is 255 g/mol. The van der Waals surface area contributed by atoms with E-state index in [1.165, 1.54) is 44.1 Å². The molecule has 1 aliphatic carbocycles. The van der Waals surface area contributed by atoms with Crippen LogP contribution in [0.2, 0.25) is 0 Å². The summed E-state index contributed by atoms with van der Waals surface area (Å²) in [6, 6.07) is 0.207. The smallest absolute Gasteiger partial charge is 0.175 e. The Morgan fingerprint density at radius 3 is 2.56 bits per heavy atom. The third kappa shape index (κ3) is 5.09. The zero-order valence-electron chi connectivity index (χ0n) is 12.2. The molecule has 18 heavy (non-hydrogen) atoms. The van der Waals surface area contributed by atoms with Crippen LogP contribution < -0.4 is 5.32 Å². The van der Waals surface area contributed by atoms with Gasteiger partial charge in [0.25, 0.3) is 0 Å². The van der Waals surface area contributed by atoms with E-state index in [1.807, 2.05) is 0 Å². The largest absolute Gasteiger partial charge is 0.354 e.